The molecule has 1 amide bonds. The molecule has 0 unspecified atom stereocenters. The summed E-state index contributed by atoms with van der Waals surface area (Å²) in [6.45, 7) is 1.53. The van der Waals surface area contributed by atoms with Gasteiger partial charge < -0.3 is 10.4 Å². The van der Waals surface area contributed by atoms with Crippen LogP contribution in [0.25, 0.3) is 10.2 Å². The Hall–Kier alpha value is -1.99. The van der Waals surface area contributed by atoms with Gasteiger partial charge >= 0.3 is 5.97 Å². The van der Waals surface area contributed by atoms with Crippen molar-refractivity contribution in [3.63, 3.8) is 0 Å². The Morgan fingerprint density at radius 1 is 1.23 bits per heavy atom. The minimum Gasteiger partial charge on any atom is -0.481 e. The largest absolute Gasteiger partial charge is 0.481 e. The van der Waals surface area contributed by atoms with Crippen molar-refractivity contribution in [3.05, 3.63) is 29.3 Å². The molecular formula is C19H23N3O3S. The topological polar surface area (TPSA) is 82.5 Å². The minimum absolute atomic E-state index is 0.0899. The molecular weight excluding hydrogens is 350 g/mol. The Bertz CT molecular complexity index is 817. The quantitative estimate of drug-likeness (QED) is 0.780. The number of hydrogen-bond acceptors (Lipinski definition) is 5. The van der Waals surface area contributed by atoms with Crippen molar-refractivity contribution in [2.75, 3.05) is 13.1 Å². The van der Waals surface area contributed by atoms with Crippen molar-refractivity contribution >= 4 is 33.4 Å². The van der Waals surface area contributed by atoms with Crippen LogP contribution in [0.4, 0.5) is 0 Å². The third-order valence-corrected chi connectivity index (χ3v) is 6.25. The molecule has 0 radical (unpaired) electrons. The van der Waals surface area contributed by atoms with Crippen molar-refractivity contribution in [2.45, 2.75) is 44.2 Å². The maximum Gasteiger partial charge on any atom is 0.304 e. The van der Waals surface area contributed by atoms with Crippen LogP contribution in [0.2, 0.25) is 0 Å². The Balaban J connectivity index is 1.38. The van der Waals surface area contributed by atoms with Crippen LogP contribution in [0.15, 0.2) is 23.7 Å². The highest BCUT2D eigenvalue weighted by Crippen LogP contribution is 2.35. The second kappa shape index (κ2) is 7.32. The summed E-state index contributed by atoms with van der Waals surface area (Å²) in [6.07, 6.45) is 4.50. The van der Waals surface area contributed by atoms with Crippen molar-refractivity contribution in [1.82, 2.24) is 15.2 Å². The lowest BCUT2D eigenvalue weighted by molar-refractivity contribution is -0.138. The van der Waals surface area contributed by atoms with Gasteiger partial charge in [0.1, 0.15) is 0 Å². The number of hydrogen-bond donors (Lipinski definition) is 2. The second-order valence-corrected chi connectivity index (χ2v) is 8.25. The maximum atomic E-state index is 12.5. The van der Waals surface area contributed by atoms with Gasteiger partial charge in [-0.25, -0.2) is 4.98 Å². The molecule has 2 aromatic rings. The second-order valence-electron chi connectivity index (χ2n) is 7.37. The number of fused-ring (bicyclic) bond motifs is 1. The van der Waals surface area contributed by atoms with E-state index >= 15 is 0 Å². The van der Waals surface area contributed by atoms with Gasteiger partial charge in [-0.15, -0.1) is 11.3 Å². The molecule has 1 saturated heterocycles. The summed E-state index contributed by atoms with van der Waals surface area (Å²) in [5.74, 6) is -0.125. The Kier molecular flexibility index (Phi) is 4.91. The number of carbonyl (C=O) groups excluding carboxylic acids is 1. The van der Waals surface area contributed by atoms with E-state index in [1.807, 2.05) is 18.2 Å². The smallest absolute Gasteiger partial charge is 0.304 e. The van der Waals surface area contributed by atoms with Crippen LogP contribution in [0.3, 0.4) is 0 Å². The van der Waals surface area contributed by atoms with E-state index in [1.54, 1.807) is 16.8 Å². The molecule has 4 rings (SSSR count). The van der Waals surface area contributed by atoms with Crippen molar-refractivity contribution in [1.29, 1.82) is 0 Å². The maximum absolute atomic E-state index is 12.5. The van der Waals surface area contributed by atoms with Crippen LogP contribution in [-0.2, 0) is 4.79 Å². The van der Waals surface area contributed by atoms with E-state index in [4.69, 9.17) is 5.11 Å². The molecule has 2 fully saturated rings. The zero-order valence-electron chi connectivity index (χ0n) is 14.6. The van der Waals surface area contributed by atoms with Crippen LogP contribution in [-0.4, -0.2) is 52.0 Å². The van der Waals surface area contributed by atoms with Gasteiger partial charge in [0, 0.05) is 30.7 Å². The zero-order valence-corrected chi connectivity index (χ0v) is 15.4. The van der Waals surface area contributed by atoms with E-state index in [0.29, 0.717) is 18.0 Å². The number of aromatic nitrogens is 1. The predicted octanol–water partition coefficient (Wildman–Crippen LogP) is 2.74. The summed E-state index contributed by atoms with van der Waals surface area (Å²) >= 11 is 1.56. The summed E-state index contributed by atoms with van der Waals surface area (Å²) < 4.78 is 1.07. The van der Waals surface area contributed by atoms with E-state index < -0.39 is 5.97 Å². The molecule has 1 aliphatic heterocycles. The third kappa shape index (κ3) is 3.88. The fourth-order valence-corrected chi connectivity index (χ4v) is 4.52. The zero-order chi connectivity index (χ0) is 18.1. The average molecular weight is 373 g/mol. The van der Waals surface area contributed by atoms with Crippen LogP contribution in [0, 0.1) is 5.92 Å². The molecule has 2 aliphatic rings. The van der Waals surface area contributed by atoms with E-state index in [0.717, 1.165) is 29.6 Å². The Morgan fingerprint density at radius 3 is 2.81 bits per heavy atom. The van der Waals surface area contributed by atoms with Gasteiger partial charge in [-0.3, -0.25) is 14.5 Å². The molecule has 0 bridgehead atoms. The Morgan fingerprint density at radius 2 is 2.04 bits per heavy atom. The van der Waals surface area contributed by atoms with E-state index in [9.17, 15) is 9.59 Å². The molecule has 6 nitrogen and oxygen atoms in total. The number of nitrogens with zero attached hydrogens (tertiary/aromatic N) is 2. The third-order valence-electron chi connectivity index (χ3n) is 5.44. The lowest BCUT2D eigenvalue weighted by Gasteiger charge is -2.29. The highest BCUT2D eigenvalue weighted by atomic mass is 32.1. The van der Waals surface area contributed by atoms with Gasteiger partial charge in [-0.05, 0) is 49.8 Å². The van der Waals surface area contributed by atoms with Crippen LogP contribution >= 0.6 is 11.3 Å². The molecule has 2 N–H and O–H groups in total. The highest BCUT2D eigenvalue weighted by Gasteiger charge is 2.38. The first-order valence-corrected chi connectivity index (χ1v) is 10.1. The molecule has 26 heavy (non-hydrogen) atoms. The van der Waals surface area contributed by atoms with Gasteiger partial charge in [0.05, 0.1) is 22.1 Å². The van der Waals surface area contributed by atoms with Crippen molar-refractivity contribution < 1.29 is 14.7 Å². The fraction of sp³-hybridized carbons (Fsp3) is 0.526. The Labute approximate surface area is 156 Å². The average Bonchev–Trinajstić information content (AvgIpc) is 3.18. The summed E-state index contributed by atoms with van der Waals surface area (Å²) in [4.78, 5) is 30.3. The number of likely N-dealkylation sites (tertiary alicyclic amines) is 1. The van der Waals surface area contributed by atoms with Crippen LogP contribution in [0.5, 0.6) is 0 Å². The first-order chi connectivity index (χ1) is 12.6. The number of amides is 1. The number of carbonyl (C=O) groups is 2. The minimum atomic E-state index is -0.739. The predicted molar refractivity (Wildman–Crippen MR) is 100 cm³/mol. The highest BCUT2D eigenvalue weighted by molar-refractivity contribution is 7.16. The number of thiazole rings is 1. The van der Waals surface area contributed by atoms with Crippen molar-refractivity contribution in [3.8, 4) is 0 Å². The van der Waals surface area contributed by atoms with E-state index in [1.165, 1.54) is 12.8 Å². The summed E-state index contributed by atoms with van der Waals surface area (Å²) in [5, 5.41) is 12.2. The normalized spacial score (nSPS) is 23.4. The van der Waals surface area contributed by atoms with Gasteiger partial charge in [-0.2, -0.15) is 0 Å². The van der Waals surface area contributed by atoms with E-state index in [2.05, 4.69) is 15.2 Å². The number of benzene rings is 1. The number of carboxylic acid groups (broad SMARTS) is 1. The molecule has 0 spiro atoms. The summed E-state index contributed by atoms with van der Waals surface area (Å²) in [5.41, 5.74) is 3.25. The molecule has 2 atom stereocenters. The van der Waals surface area contributed by atoms with Gasteiger partial charge in [-0.1, -0.05) is 0 Å². The SMILES string of the molecule is O=C(O)C[C@H]1CC[C@@H](CNC(=O)c2ccc3scnc3c2)N1CC1CC1. The van der Waals surface area contributed by atoms with Gasteiger partial charge in [0.2, 0.25) is 0 Å². The standard InChI is InChI=1S/C19H23N3O3S/c23-18(24)8-14-4-5-15(22(14)10-12-1-2-12)9-20-19(25)13-3-6-17-16(7-13)21-11-26-17/h3,6-7,11-12,14-15H,1-2,4-5,8-10H2,(H,20,25)(H,23,24)/t14-,15+/m1/s1. The number of nitrogens with one attached hydrogen (secondary N) is 1. The molecule has 138 valence electrons. The molecule has 7 heteroatoms. The fourth-order valence-electron chi connectivity index (χ4n) is 3.86. The monoisotopic (exact) mass is 373 g/mol. The molecule has 1 saturated carbocycles. The van der Waals surface area contributed by atoms with Gasteiger partial charge in [0.15, 0.2) is 0 Å². The number of rotatable bonds is 7. The van der Waals surface area contributed by atoms with Crippen molar-refractivity contribution in [2.24, 2.45) is 5.92 Å². The molecule has 1 aromatic heterocycles. The van der Waals surface area contributed by atoms with E-state index in [-0.39, 0.29) is 24.4 Å². The van der Waals surface area contributed by atoms with Gasteiger partial charge in [0.25, 0.3) is 5.91 Å². The molecule has 1 aromatic carbocycles. The lowest BCUT2D eigenvalue weighted by Crippen LogP contribution is -2.44. The first kappa shape index (κ1) is 17.4. The number of carboxylic acids is 1. The summed E-state index contributed by atoms with van der Waals surface area (Å²) in [6, 6.07) is 5.91. The first-order valence-electron chi connectivity index (χ1n) is 9.19. The molecule has 2 heterocycles. The lowest BCUT2D eigenvalue weighted by atomic mass is 10.1. The number of aliphatic carboxylic acids is 1. The molecule has 1 aliphatic carbocycles. The van der Waals surface area contributed by atoms with Crippen LogP contribution < -0.4 is 5.32 Å². The van der Waals surface area contributed by atoms with Crippen LogP contribution in [0.1, 0.15) is 42.5 Å². The summed E-state index contributed by atoms with van der Waals surface area (Å²) in [7, 11) is 0.